The number of amides is 2. The zero-order chi connectivity index (χ0) is 15.4. The lowest BCUT2D eigenvalue weighted by atomic mass is 10.2. The first-order valence-corrected chi connectivity index (χ1v) is 5.99. The van der Waals surface area contributed by atoms with Gasteiger partial charge in [0.05, 0.1) is 17.4 Å². The number of pyridine rings is 1. The van der Waals surface area contributed by atoms with E-state index in [0.717, 1.165) is 0 Å². The number of rotatable bonds is 3. The molecule has 0 atom stereocenters. The van der Waals surface area contributed by atoms with Crippen LogP contribution < -0.4 is 10.6 Å². The van der Waals surface area contributed by atoms with E-state index in [1.54, 1.807) is 6.07 Å². The number of hydrogen-bond donors (Lipinski definition) is 3. The van der Waals surface area contributed by atoms with Crippen LogP contribution in [0.1, 0.15) is 15.9 Å². The zero-order valence-electron chi connectivity index (χ0n) is 11.1. The fourth-order valence-electron chi connectivity index (χ4n) is 1.65. The molecule has 21 heavy (non-hydrogen) atoms. The second-order valence-electron chi connectivity index (χ2n) is 4.26. The standard InChI is InChI=1S/C14H12FN3O3/c1-8-11(15)3-2-4-12(8)18-14(21)17-10-5-9(13(19)20)6-16-7-10/h2-7H,1H3,(H,19,20)(H2,17,18,21). The Bertz CT molecular complexity index is 704. The van der Waals surface area contributed by atoms with Crippen LogP contribution in [0.25, 0.3) is 0 Å². The summed E-state index contributed by atoms with van der Waals surface area (Å²) in [7, 11) is 0. The normalized spacial score (nSPS) is 10.0. The molecule has 2 amide bonds. The topological polar surface area (TPSA) is 91.3 Å². The lowest BCUT2D eigenvalue weighted by Gasteiger charge is -2.10. The molecule has 0 aliphatic heterocycles. The Morgan fingerprint density at radius 3 is 2.71 bits per heavy atom. The van der Waals surface area contributed by atoms with Crippen molar-refractivity contribution in [3.63, 3.8) is 0 Å². The second kappa shape index (κ2) is 6.00. The summed E-state index contributed by atoms with van der Waals surface area (Å²) in [6, 6.07) is 4.98. The SMILES string of the molecule is Cc1c(F)cccc1NC(=O)Nc1cncc(C(=O)O)c1. The lowest BCUT2D eigenvalue weighted by Crippen LogP contribution is -2.20. The first-order chi connectivity index (χ1) is 9.97. The van der Waals surface area contributed by atoms with Crippen LogP contribution in [0.3, 0.4) is 0 Å². The maximum absolute atomic E-state index is 13.4. The van der Waals surface area contributed by atoms with Crippen LogP contribution >= 0.6 is 0 Å². The molecular formula is C14H12FN3O3. The number of halogens is 1. The Kier molecular flexibility index (Phi) is 4.13. The third kappa shape index (κ3) is 3.53. The average molecular weight is 289 g/mol. The van der Waals surface area contributed by atoms with E-state index >= 15 is 0 Å². The minimum absolute atomic E-state index is 0.0465. The van der Waals surface area contributed by atoms with E-state index in [0.29, 0.717) is 11.3 Å². The van der Waals surface area contributed by atoms with Gasteiger partial charge in [-0.1, -0.05) is 6.07 Å². The van der Waals surface area contributed by atoms with E-state index < -0.39 is 17.8 Å². The molecule has 7 heteroatoms. The van der Waals surface area contributed by atoms with Crippen LogP contribution in [-0.2, 0) is 0 Å². The Labute approximate surface area is 119 Å². The molecular weight excluding hydrogens is 277 g/mol. The fraction of sp³-hybridized carbons (Fsp3) is 0.0714. The van der Waals surface area contributed by atoms with E-state index in [1.165, 1.54) is 37.5 Å². The van der Waals surface area contributed by atoms with Gasteiger partial charge >= 0.3 is 12.0 Å². The summed E-state index contributed by atoms with van der Waals surface area (Å²) >= 11 is 0. The van der Waals surface area contributed by atoms with Crippen molar-refractivity contribution in [3.05, 3.63) is 53.6 Å². The third-order valence-electron chi connectivity index (χ3n) is 2.76. The summed E-state index contributed by atoms with van der Waals surface area (Å²) in [5.74, 6) is -1.57. The largest absolute Gasteiger partial charge is 0.478 e. The number of anilines is 2. The Morgan fingerprint density at radius 2 is 2.00 bits per heavy atom. The molecule has 0 unspecified atom stereocenters. The second-order valence-corrected chi connectivity index (χ2v) is 4.26. The number of carboxylic acid groups (broad SMARTS) is 1. The predicted molar refractivity (Wildman–Crippen MR) is 75.0 cm³/mol. The molecule has 0 bridgehead atoms. The number of aromatic carboxylic acids is 1. The maximum Gasteiger partial charge on any atom is 0.337 e. The van der Waals surface area contributed by atoms with Gasteiger partial charge in [0.1, 0.15) is 5.82 Å². The molecule has 3 N–H and O–H groups in total. The van der Waals surface area contributed by atoms with Gasteiger partial charge in [0.25, 0.3) is 0 Å². The van der Waals surface area contributed by atoms with Crippen molar-refractivity contribution < 1.29 is 19.1 Å². The third-order valence-corrected chi connectivity index (χ3v) is 2.76. The van der Waals surface area contributed by atoms with Crippen LogP contribution in [0.5, 0.6) is 0 Å². The van der Waals surface area contributed by atoms with Crippen LogP contribution in [-0.4, -0.2) is 22.1 Å². The van der Waals surface area contributed by atoms with Gasteiger partial charge in [-0.25, -0.2) is 14.0 Å². The summed E-state index contributed by atoms with van der Waals surface area (Å²) < 4.78 is 13.4. The molecule has 108 valence electrons. The van der Waals surface area contributed by atoms with E-state index in [2.05, 4.69) is 15.6 Å². The summed E-state index contributed by atoms with van der Waals surface area (Å²) in [5, 5.41) is 13.8. The average Bonchev–Trinajstić information content (AvgIpc) is 2.44. The lowest BCUT2D eigenvalue weighted by molar-refractivity contribution is 0.0696. The first-order valence-electron chi connectivity index (χ1n) is 5.99. The van der Waals surface area contributed by atoms with Gasteiger partial charge in [0.15, 0.2) is 0 Å². The van der Waals surface area contributed by atoms with E-state index in [4.69, 9.17) is 5.11 Å². The van der Waals surface area contributed by atoms with Crippen molar-refractivity contribution >= 4 is 23.4 Å². The number of hydrogen-bond acceptors (Lipinski definition) is 3. The molecule has 0 aliphatic rings. The van der Waals surface area contributed by atoms with Gasteiger partial charge in [-0.3, -0.25) is 4.98 Å². The molecule has 2 aromatic rings. The fourth-order valence-corrected chi connectivity index (χ4v) is 1.65. The highest BCUT2D eigenvalue weighted by Crippen LogP contribution is 2.18. The highest BCUT2D eigenvalue weighted by Gasteiger charge is 2.09. The molecule has 0 fully saturated rings. The molecule has 1 heterocycles. The number of benzene rings is 1. The number of carbonyl (C=O) groups is 2. The Balaban J connectivity index is 2.10. The summed E-state index contributed by atoms with van der Waals surface area (Å²) in [6.45, 7) is 1.54. The predicted octanol–water partition coefficient (Wildman–Crippen LogP) is 2.87. The van der Waals surface area contributed by atoms with Crippen LogP contribution in [0.4, 0.5) is 20.6 Å². The van der Waals surface area contributed by atoms with Crippen LogP contribution in [0.15, 0.2) is 36.7 Å². The van der Waals surface area contributed by atoms with Crippen molar-refractivity contribution in [1.82, 2.24) is 4.98 Å². The van der Waals surface area contributed by atoms with E-state index in [-0.39, 0.29) is 11.3 Å². The van der Waals surface area contributed by atoms with Gasteiger partial charge in [-0.05, 0) is 25.1 Å². The molecule has 6 nitrogen and oxygen atoms in total. The summed E-state index contributed by atoms with van der Waals surface area (Å²) in [4.78, 5) is 26.3. The van der Waals surface area contributed by atoms with Crippen molar-refractivity contribution in [2.45, 2.75) is 6.92 Å². The van der Waals surface area contributed by atoms with Crippen molar-refractivity contribution in [2.75, 3.05) is 10.6 Å². The molecule has 0 spiro atoms. The monoisotopic (exact) mass is 289 g/mol. The number of urea groups is 1. The van der Waals surface area contributed by atoms with Gasteiger partial charge in [-0.2, -0.15) is 0 Å². The highest BCUT2D eigenvalue weighted by molar-refractivity contribution is 6.00. The highest BCUT2D eigenvalue weighted by atomic mass is 19.1. The van der Waals surface area contributed by atoms with Crippen LogP contribution in [0, 0.1) is 12.7 Å². The van der Waals surface area contributed by atoms with Crippen molar-refractivity contribution in [1.29, 1.82) is 0 Å². The van der Waals surface area contributed by atoms with Gasteiger partial charge in [0, 0.05) is 17.4 Å². The molecule has 1 aromatic heterocycles. The Morgan fingerprint density at radius 1 is 1.24 bits per heavy atom. The van der Waals surface area contributed by atoms with Crippen molar-refractivity contribution in [2.24, 2.45) is 0 Å². The Hall–Kier alpha value is -2.96. The first kappa shape index (κ1) is 14.4. The van der Waals surface area contributed by atoms with Crippen LogP contribution in [0.2, 0.25) is 0 Å². The minimum Gasteiger partial charge on any atom is -0.478 e. The molecule has 0 radical (unpaired) electrons. The summed E-state index contributed by atoms with van der Waals surface area (Å²) in [5.41, 5.74) is 0.816. The number of aromatic nitrogens is 1. The van der Waals surface area contributed by atoms with Gasteiger partial charge < -0.3 is 15.7 Å². The smallest absolute Gasteiger partial charge is 0.337 e. The number of nitrogens with one attached hydrogen (secondary N) is 2. The number of nitrogens with zero attached hydrogens (tertiary/aromatic N) is 1. The van der Waals surface area contributed by atoms with E-state index in [9.17, 15) is 14.0 Å². The molecule has 0 saturated carbocycles. The summed E-state index contributed by atoms with van der Waals surface area (Å²) in [6.07, 6.45) is 2.48. The van der Waals surface area contributed by atoms with E-state index in [1.807, 2.05) is 0 Å². The van der Waals surface area contributed by atoms with Gasteiger partial charge in [0.2, 0.25) is 0 Å². The zero-order valence-corrected chi connectivity index (χ0v) is 11.1. The van der Waals surface area contributed by atoms with Crippen molar-refractivity contribution in [3.8, 4) is 0 Å². The molecule has 2 rings (SSSR count). The maximum atomic E-state index is 13.4. The molecule has 0 saturated heterocycles. The molecule has 1 aromatic carbocycles. The van der Waals surface area contributed by atoms with Gasteiger partial charge in [-0.15, -0.1) is 0 Å². The minimum atomic E-state index is -1.15. The number of carbonyl (C=O) groups excluding carboxylic acids is 1. The molecule has 0 aliphatic carbocycles. The quantitative estimate of drug-likeness (QED) is 0.810. The number of carboxylic acids is 1.